The number of benzene rings is 2. The molecule has 0 bridgehead atoms. The zero-order chi connectivity index (χ0) is 19.9. The maximum absolute atomic E-state index is 13.1. The van der Waals surface area contributed by atoms with Crippen LogP contribution >= 0.6 is 0 Å². The van der Waals surface area contributed by atoms with Crippen LogP contribution in [0.25, 0.3) is 0 Å². The summed E-state index contributed by atoms with van der Waals surface area (Å²) in [5, 5.41) is 12.8. The molecule has 8 heteroatoms. The van der Waals surface area contributed by atoms with E-state index >= 15 is 0 Å². The highest BCUT2D eigenvalue weighted by molar-refractivity contribution is 6.62. The zero-order valence-corrected chi connectivity index (χ0v) is 15.0. The molecule has 2 aromatic carbocycles. The Hall–Kier alpha value is -2.32. The fraction of sp³-hybridized carbons (Fsp3) is 0.350. The van der Waals surface area contributed by atoms with E-state index in [4.69, 9.17) is 4.65 Å². The van der Waals surface area contributed by atoms with Gasteiger partial charge in [0.15, 0.2) is 0 Å². The lowest BCUT2D eigenvalue weighted by Crippen LogP contribution is -2.28. The molecule has 1 fully saturated rings. The molecule has 2 aromatic rings. The molecule has 0 saturated heterocycles. The van der Waals surface area contributed by atoms with Gasteiger partial charge in [-0.05, 0) is 54.1 Å². The summed E-state index contributed by atoms with van der Waals surface area (Å²) in [5.74, 6) is -0.497. The predicted octanol–water partition coefficient (Wildman–Crippen LogP) is 3.91. The number of fused-ring (bicyclic) bond motifs is 1. The second-order valence-electron chi connectivity index (χ2n) is 7.29. The highest BCUT2D eigenvalue weighted by atomic mass is 19.4. The van der Waals surface area contributed by atoms with Crippen molar-refractivity contribution < 1.29 is 27.6 Å². The number of rotatable bonds is 3. The van der Waals surface area contributed by atoms with Crippen LogP contribution in [0.2, 0.25) is 0 Å². The van der Waals surface area contributed by atoms with Crippen molar-refractivity contribution in [3.63, 3.8) is 0 Å². The molecular formula is C20H19BF3NO3. The smallest absolute Gasteiger partial charge is 0.423 e. The Balaban J connectivity index is 1.57. The summed E-state index contributed by atoms with van der Waals surface area (Å²) in [6.07, 6.45) is -0.425. The van der Waals surface area contributed by atoms with Gasteiger partial charge < -0.3 is 15.0 Å². The highest BCUT2D eigenvalue weighted by Gasteiger charge is 2.40. The van der Waals surface area contributed by atoms with Gasteiger partial charge in [0.05, 0.1) is 17.2 Å². The normalized spacial score (nSPS) is 19.7. The van der Waals surface area contributed by atoms with Crippen LogP contribution in [-0.4, -0.2) is 18.0 Å². The molecule has 2 aliphatic rings. The van der Waals surface area contributed by atoms with Gasteiger partial charge >= 0.3 is 13.3 Å². The number of carbonyl (C=O) groups excluding carboxylic acids is 1. The number of halogens is 3. The fourth-order valence-electron chi connectivity index (χ4n) is 4.16. The van der Waals surface area contributed by atoms with E-state index in [0.717, 1.165) is 43.4 Å². The van der Waals surface area contributed by atoms with E-state index in [1.54, 1.807) is 18.2 Å². The fourth-order valence-corrected chi connectivity index (χ4v) is 4.16. The second-order valence-corrected chi connectivity index (χ2v) is 7.29. The van der Waals surface area contributed by atoms with Crippen LogP contribution in [0.3, 0.4) is 0 Å². The third-order valence-corrected chi connectivity index (χ3v) is 5.50. The third-order valence-electron chi connectivity index (χ3n) is 5.50. The Morgan fingerprint density at radius 2 is 1.86 bits per heavy atom. The number of hydrogen-bond acceptors (Lipinski definition) is 3. The topological polar surface area (TPSA) is 58.6 Å². The molecule has 0 aromatic heterocycles. The Kier molecular flexibility index (Phi) is 4.93. The molecule has 1 unspecified atom stereocenters. The van der Waals surface area contributed by atoms with Gasteiger partial charge in [0, 0.05) is 5.69 Å². The lowest BCUT2D eigenvalue weighted by atomic mass is 9.78. The van der Waals surface area contributed by atoms with Crippen molar-refractivity contribution in [2.75, 3.05) is 5.32 Å². The van der Waals surface area contributed by atoms with Gasteiger partial charge in [-0.3, -0.25) is 4.79 Å². The van der Waals surface area contributed by atoms with E-state index in [2.05, 4.69) is 5.32 Å². The minimum absolute atomic E-state index is 0.178. The Morgan fingerprint density at radius 1 is 1.14 bits per heavy atom. The molecule has 2 N–H and O–H groups in total. The van der Waals surface area contributed by atoms with Crippen molar-refractivity contribution in [2.24, 2.45) is 5.92 Å². The Morgan fingerprint density at radius 3 is 2.57 bits per heavy atom. The van der Waals surface area contributed by atoms with Gasteiger partial charge in [-0.1, -0.05) is 31.0 Å². The molecule has 1 amide bonds. The molecule has 1 heterocycles. The van der Waals surface area contributed by atoms with Crippen molar-refractivity contribution in [1.82, 2.24) is 0 Å². The molecule has 28 heavy (non-hydrogen) atoms. The van der Waals surface area contributed by atoms with Crippen LogP contribution in [0.5, 0.6) is 0 Å². The summed E-state index contributed by atoms with van der Waals surface area (Å²) in [6, 6.07) is 9.63. The average Bonchev–Trinajstić information content (AvgIpc) is 3.29. The van der Waals surface area contributed by atoms with Crippen LogP contribution in [-0.2, 0) is 10.8 Å². The molecule has 1 aliphatic heterocycles. The quantitative estimate of drug-likeness (QED) is 0.783. The van der Waals surface area contributed by atoms with Crippen molar-refractivity contribution in [1.29, 1.82) is 0 Å². The van der Waals surface area contributed by atoms with Crippen LogP contribution in [0, 0.1) is 5.92 Å². The van der Waals surface area contributed by atoms with Crippen LogP contribution < -0.4 is 10.8 Å². The first-order chi connectivity index (χ1) is 13.3. The summed E-state index contributed by atoms with van der Waals surface area (Å²) in [6.45, 7) is 0. The maximum Gasteiger partial charge on any atom is 0.492 e. The van der Waals surface area contributed by atoms with Crippen molar-refractivity contribution >= 4 is 24.2 Å². The first-order valence-electron chi connectivity index (χ1n) is 9.29. The summed E-state index contributed by atoms with van der Waals surface area (Å²) in [4.78, 5) is 12.4. The van der Waals surface area contributed by atoms with Crippen molar-refractivity contribution in [3.05, 3.63) is 59.2 Å². The van der Waals surface area contributed by atoms with E-state index < -0.39 is 30.3 Å². The lowest BCUT2D eigenvalue weighted by molar-refractivity contribution is -0.137. The zero-order valence-electron chi connectivity index (χ0n) is 15.0. The summed E-state index contributed by atoms with van der Waals surface area (Å²) < 4.78 is 45.1. The van der Waals surface area contributed by atoms with Crippen molar-refractivity contribution in [2.45, 2.75) is 38.0 Å². The number of anilines is 1. The minimum Gasteiger partial charge on any atom is -0.423 e. The van der Waals surface area contributed by atoms with E-state index in [0.29, 0.717) is 17.1 Å². The molecule has 4 nitrogen and oxygen atoms in total. The Labute approximate surface area is 160 Å². The molecule has 0 radical (unpaired) electrons. The largest absolute Gasteiger partial charge is 0.492 e. The molecule has 4 rings (SSSR count). The van der Waals surface area contributed by atoms with Gasteiger partial charge in [-0.25, -0.2) is 0 Å². The monoisotopic (exact) mass is 389 g/mol. The van der Waals surface area contributed by atoms with Gasteiger partial charge in [0.25, 0.3) is 5.91 Å². The van der Waals surface area contributed by atoms with Crippen LogP contribution in [0.15, 0.2) is 42.5 Å². The number of amides is 1. The highest BCUT2D eigenvalue weighted by Crippen LogP contribution is 2.40. The van der Waals surface area contributed by atoms with E-state index in [-0.39, 0.29) is 6.10 Å². The van der Waals surface area contributed by atoms with E-state index in [1.165, 1.54) is 12.1 Å². The molecule has 146 valence electrons. The van der Waals surface area contributed by atoms with Crippen LogP contribution in [0.4, 0.5) is 18.9 Å². The van der Waals surface area contributed by atoms with Gasteiger partial charge in [-0.15, -0.1) is 0 Å². The molecule has 1 saturated carbocycles. The maximum atomic E-state index is 13.1. The first kappa shape index (κ1) is 19.0. The molecular weight excluding hydrogens is 370 g/mol. The van der Waals surface area contributed by atoms with Gasteiger partial charge in [0.1, 0.15) is 0 Å². The Bertz CT molecular complexity index is 897. The first-order valence-corrected chi connectivity index (χ1v) is 9.29. The number of hydrogen-bond donors (Lipinski definition) is 2. The number of carbonyl (C=O) groups is 1. The molecule has 0 spiro atoms. The summed E-state index contributed by atoms with van der Waals surface area (Å²) in [5.41, 5.74) is 0.316. The summed E-state index contributed by atoms with van der Waals surface area (Å²) in [7, 11) is -1.10. The molecule has 1 aliphatic carbocycles. The molecule has 1 atom stereocenters. The minimum atomic E-state index is -4.62. The second kappa shape index (κ2) is 7.26. The average molecular weight is 389 g/mol. The lowest BCUT2D eigenvalue weighted by Gasteiger charge is -2.19. The van der Waals surface area contributed by atoms with Gasteiger partial charge in [0.2, 0.25) is 0 Å². The van der Waals surface area contributed by atoms with E-state index in [9.17, 15) is 23.0 Å². The van der Waals surface area contributed by atoms with E-state index in [1.807, 2.05) is 0 Å². The number of nitrogens with one attached hydrogen (secondary N) is 1. The standard InChI is InChI=1S/C20H19BF3NO3/c22-20(23,24)16-8-4-3-7-14(16)19(26)25-13-9-10-15-17(11-13)21(27)28-18(15)12-5-1-2-6-12/h3-4,7-12,18,27H,1-2,5-6H2,(H,25,26). The number of alkyl halides is 3. The van der Waals surface area contributed by atoms with Crippen molar-refractivity contribution in [3.8, 4) is 0 Å². The van der Waals surface area contributed by atoms with Gasteiger partial charge in [-0.2, -0.15) is 13.2 Å². The SMILES string of the molecule is O=C(Nc1ccc2c(c1)B(O)OC2C1CCCC1)c1ccccc1C(F)(F)F. The predicted molar refractivity (Wildman–Crippen MR) is 99.2 cm³/mol. The van der Waals surface area contributed by atoms with Crippen LogP contribution in [0.1, 0.15) is 53.3 Å². The summed E-state index contributed by atoms with van der Waals surface area (Å²) >= 11 is 0. The third kappa shape index (κ3) is 3.54.